The molecule has 0 atom stereocenters. The van der Waals surface area contributed by atoms with Gasteiger partial charge in [0, 0.05) is 42.9 Å². The van der Waals surface area contributed by atoms with Crippen LogP contribution >= 0.6 is 15.9 Å². The number of H-pyrrole nitrogens is 1. The van der Waals surface area contributed by atoms with Gasteiger partial charge >= 0.3 is 0 Å². The molecule has 124 valence electrons. The zero-order chi connectivity index (χ0) is 16.9. The van der Waals surface area contributed by atoms with Gasteiger partial charge in [0.25, 0.3) is 5.91 Å². The lowest BCUT2D eigenvalue weighted by Gasteiger charge is -2.33. The Morgan fingerprint density at radius 3 is 2.38 bits per heavy atom. The van der Waals surface area contributed by atoms with Crippen molar-refractivity contribution in [2.45, 2.75) is 0 Å². The summed E-state index contributed by atoms with van der Waals surface area (Å²) in [6, 6.07) is 7.75. The summed E-state index contributed by atoms with van der Waals surface area (Å²) >= 11 is 3.38. The first-order valence-corrected chi connectivity index (χ1v) is 8.43. The molecule has 1 fully saturated rings. The molecule has 1 aliphatic rings. The third-order valence-electron chi connectivity index (χ3n) is 3.88. The number of piperazine rings is 1. The molecule has 0 aliphatic carbocycles. The minimum absolute atomic E-state index is 0.0372. The van der Waals surface area contributed by atoms with Gasteiger partial charge < -0.3 is 14.8 Å². The minimum Gasteiger partial charge on any atom is -0.350 e. The first kappa shape index (κ1) is 16.4. The van der Waals surface area contributed by atoms with Crippen LogP contribution in [0, 0.1) is 0 Å². The van der Waals surface area contributed by atoms with Gasteiger partial charge in [0.05, 0.1) is 6.33 Å². The van der Waals surface area contributed by atoms with Crippen LogP contribution in [-0.4, -0.2) is 57.8 Å². The van der Waals surface area contributed by atoms with Crippen molar-refractivity contribution in [1.82, 2.24) is 19.8 Å². The summed E-state index contributed by atoms with van der Waals surface area (Å²) in [7, 11) is 0. The lowest BCUT2D eigenvalue weighted by Crippen LogP contribution is -2.50. The van der Waals surface area contributed by atoms with Gasteiger partial charge in [-0.1, -0.05) is 28.1 Å². The van der Waals surface area contributed by atoms with E-state index in [0.717, 1.165) is 10.0 Å². The molecule has 1 saturated heterocycles. The Balaban J connectivity index is 1.53. The van der Waals surface area contributed by atoms with Gasteiger partial charge in [-0.25, -0.2) is 4.98 Å². The molecule has 2 aromatic rings. The zero-order valence-corrected chi connectivity index (χ0v) is 14.6. The highest BCUT2D eigenvalue weighted by molar-refractivity contribution is 9.10. The predicted molar refractivity (Wildman–Crippen MR) is 94.2 cm³/mol. The van der Waals surface area contributed by atoms with Crippen molar-refractivity contribution in [3.05, 3.63) is 58.6 Å². The average molecular weight is 389 g/mol. The maximum absolute atomic E-state index is 12.3. The topological polar surface area (TPSA) is 69.3 Å². The number of halogens is 1. The van der Waals surface area contributed by atoms with Crippen LogP contribution in [0.4, 0.5) is 0 Å². The molecule has 0 bridgehead atoms. The Hall–Kier alpha value is -2.41. The van der Waals surface area contributed by atoms with Gasteiger partial charge in [0.15, 0.2) is 0 Å². The molecule has 2 amide bonds. The summed E-state index contributed by atoms with van der Waals surface area (Å²) < 4.78 is 1.00. The number of imidazole rings is 1. The summed E-state index contributed by atoms with van der Waals surface area (Å²) in [5.41, 5.74) is 1.38. The molecule has 1 N–H and O–H groups in total. The van der Waals surface area contributed by atoms with E-state index in [0.29, 0.717) is 31.9 Å². The highest BCUT2D eigenvalue weighted by Crippen LogP contribution is 2.12. The van der Waals surface area contributed by atoms with Crippen molar-refractivity contribution in [3.63, 3.8) is 0 Å². The number of nitrogens with zero attached hydrogens (tertiary/aromatic N) is 3. The van der Waals surface area contributed by atoms with Crippen molar-refractivity contribution in [3.8, 4) is 0 Å². The Morgan fingerprint density at radius 2 is 1.75 bits per heavy atom. The fraction of sp³-hybridized carbons (Fsp3) is 0.235. The Kier molecular flexibility index (Phi) is 5.10. The number of nitrogens with one attached hydrogen (secondary N) is 1. The molecule has 0 saturated carbocycles. The molecule has 1 aliphatic heterocycles. The second-order valence-corrected chi connectivity index (χ2v) is 6.37. The normalized spacial score (nSPS) is 15.0. The zero-order valence-electron chi connectivity index (χ0n) is 13.0. The van der Waals surface area contributed by atoms with Crippen LogP contribution in [0.5, 0.6) is 0 Å². The monoisotopic (exact) mass is 388 g/mol. The molecule has 24 heavy (non-hydrogen) atoms. The number of aromatic nitrogens is 2. The van der Waals surface area contributed by atoms with Crippen LogP contribution < -0.4 is 0 Å². The Labute approximate surface area is 148 Å². The SMILES string of the molecule is O=C(/C=C/c1ccc(Br)cc1)N1CCN(C(=O)c2c[nH]cn2)CC1. The fourth-order valence-electron chi connectivity index (χ4n) is 2.52. The molecule has 2 heterocycles. The molecular weight excluding hydrogens is 372 g/mol. The van der Waals surface area contributed by atoms with Crippen LogP contribution in [0.25, 0.3) is 6.08 Å². The van der Waals surface area contributed by atoms with Gasteiger partial charge in [-0.2, -0.15) is 0 Å². The minimum atomic E-state index is -0.103. The molecule has 1 aromatic carbocycles. The van der Waals surface area contributed by atoms with E-state index >= 15 is 0 Å². The average Bonchev–Trinajstić information content (AvgIpc) is 3.15. The molecule has 1 aromatic heterocycles. The van der Waals surface area contributed by atoms with Crippen LogP contribution in [-0.2, 0) is 4.79 Å². The summed E-state index contributed by atoms with van der Waals surface area (Å²) in [4.78, 5) is 34.7. The standard InChI is InChI=1S/C17H17BrN4O2/c18-14-4-1-13(2-5-14)3-6-16(23)21-7-9-22(10-8-21)17(24)15-11-19-12-20-15/h1-6,11-12H,7-10H2,(H,19,20)/b6-3+. The number of aromatic amines is 1. The van der Waals surface area contributed by atoms with E-state index in [4.69, 9.17) is 0 Å². The molecule has 6 nitrogen and oxygen atoms in total. The number of hydrogen-bond donors (Lipinski definition) is 1. The van der Waals surface area contributed by atoms with Gasteiger partial charge in [0.2, 0.25) is 5.91 Å². The number of carbonyl (C=O) groups is 2. The molecule has 0 spiro atoms. The number of rotatable bonds is 3. The number of benzene rings is 1. The number of hydrogen-bond acceptors (Lipinski definition) is 3. The molecule has 0 radical (unpaired) electrons. The van der Waals surface area contributed by atoms with E-state index in [1.54, 1.807) is 28.1 Å². The quantitative estimate of drug-likeness (QED) is 0.819. The third-order valence-corrected chi connectivity index (χ3v) is 4.41. The third kappa shape index (κ3) is 3.91. The van der Waals surface area contributed by atoms with E-state index in [9.17, 15) is 9.59 Å². The number of carbonyl (C=O) groups excluding carboxylic acids is 2. The van der Waals surface area contributed by atoms with Crippen LogP contribution in [0.2, 0.25) is 0 Å². The second kappa shape index (κ2) is 7.44. The van der Waals surface area contributed by atoms with Gasteiger partial charge in [-0.15, -0.1) is 0 Å². The largest absolute Gasteiger partial charge is 0.350 e. The van der Waals surface area contributed by atoms with E-state index in [2.05, 4.69) is 25.9 Å². The fourth-order valence-corrected chi connectivity index (χ4v) is 2.78. The maximum Gasteiger partial charge on any atom is 0.274 e. The van der Waals surface area contributed by atoms with Crippen molar-refractivity contribution in [2.75, 3.05) is 26.2 Å². The Bertz CT molecular complexity index is 732. The van der Waals surface area contributed by atoms with Crippen molar-refractivity contribution in [1.29, 1.82) is 0 Å². The lowest BCUT2D eigenvalue weighted by atomic mass is 10.2. The van der Waals surface area contributed by atoms with E-state index < -0.39 is 0 Å². The van der Waals surface area contributed by atoms with Gasteiger partial charge in [0.1, 0.15) is 5.69 Å². The molecule has 7 heteroatoms. The first-order valence-electron chi connectivity index (χ1n) is 7.64. The summed E-state index contributed by atoms with van der Waals surface area (Å²) in [6.45, 7) is 2.09. The highest BCUT2D eigenvalue weighted by Gasteiger charge is 2.24. The molecule has 0 unspecified atom stereocenters. The first-order chi connectivity index (χ1) is 11.6. The van der Waals surface area contributed by atoms with Gasteiger partial charge in [-0.3, -0.25) is 9.59 Å². The molecular formula is C17H17BrN4O2. The summed E-state index contributed by atoms with van der Waals surface area (Å²) in [5, 5.41) is 0. The van der Waals surface area contributed by atoms with Crippen LogP contribution in [0.3, 0.4) is 0 Å². The summed E-state index contributed by atoms with van der Waals surface area (Å²) in [6.07, 6.45) is 6.45. The van der Waals surface area contributed by atoms with Crippen LogP contribution in [0.15, 0.2) is 47.3 Å². The maximum atomic E-state index is 12.3. The van der Waals surface area contributed by atoms with Crippen molar-refractivity contribution < 1.29 is 9.59 Å². The smallest absolute Gasteiger partial charge is 0.274 e. The summed E-state index contributed by atoms with van der Waals surface area (Å²) in [5.74, 6) is -0.140. The van der Waals surface area contributed by atoms with Gasteiger partial charge in [-0.05, 0) is 23.8 Å². The van der Waals surface area contributed by atoms with E-state index in [1.807, 2.05) is 24.3 Å². The second-order valence-electron chi connectivity index (χ2n) is 5.46. The lowest BCUT2D eigenvalue weighted by molar-refractivity contribution is -0.127. The predicted octanol–water partition coefficient (Wildman–Crippen LogP) is 2.17. The highest BCUT2D eigenvalue weighted by atomic mass is 79.9. The van der Waals surface area contributed by atoms with E-state index in [1.165, 1.54) is 6.33 Å². The number of amides is 2. The Morgan fingerprint density at radius 1 is 1.08 bits per heavy atom. The van der Waals surface area contributed by atoms with Crippen molar-refractivity contribution >= 4 is 33.8 Å². The van der Waals surface area contributed by atoms with E-state index in [-0.39, 0.29) is 11.8 Å². The molecule has 3 rings (SSSR count). The van der Waals surface area contributed by atoms with Crippen LogP contribution in [0.1, 0.15) is 16.1 Å². The van der Waals surface area contributed by atoms with Crippen molar-refractivity contribution in [2.24, 2.45) is 0 Å².